The number of ether oxygens (including phenoxy) is 1. The van der Waals surface area contributed by atoms with Gasteiger partial charge in [0, 0.05) is 54.8 Å². The minimum atomic E-state index is -0.841. The number of hydrogen-bond acceptors (Lipinski definition) is 7. The first-order valence-corrected chi connectivity index (χ1v) is 13.9. The van der Waals surface area contributed by atoms with Crippen molar-refractivity contribution in [3.63, 3.8) is 0 Å². The average molecular weight is 564 g/mol. The number of halogens is 3. The van der Waals surface area contributed by atoms with Crippen molar-refractivity contribution in [2.45, 2.75) is 37.9 Å². The molecule has 1 aromatic heterocycles. The molecule has 206 valence electrons. The van der Waals surface area contributed by atoms with Gasteiger partial charge in [0.1, 0.15) is 28.7 Å². The minimum Gasteiger partial charge on any atom is -0.507 e. The van der Waals surface area contributed by atoms with Gasteiger partial charge in [-0.2, -0.15) is 9.97 Å². The Labute approximate surface area is 235 Å². The van der Waals surface area contributed by atoms with Gasteiger partial charge in [-0.05, 0) is 56.1 Å². The number of phenols is 1. The van der Waals surface area contributed by atoms with E-state index in [-0.39, 0.29) is 27.7 Å². The zero-order valence-corrected chi connectivity index (χ0v) is 22.7. The highest BCUT2D eigenvalue weighted by molar-refractivity contribution is 6.34. The Balaban J connectivity index is 1.41. The second kappa shape index (κ2) is 9.83. The van der Waals surface area contributed by atoms with E-state index in [2.05, 4.69) is 33.2 Å². The van der Waals surface area contributed by atoms with Crippen LogP contribution in [0.2, 0.25) is 5.02 Å². The summed E-state index contributed by atoms with van der Waals surface area (Å²) in [5.41, 5.74) is 1.65. The fraction of sp³-hybridized carbons (Fsp3) is 0.333. The molecule has 3 aliphatic heterocycles. The molecule has 0 aliphatic carbocycles. The lowest BCUT2D eigenvalue weighted by molar-refractivity contribution is 0.308. The van der Waals surface area contributed by atoms with Gasteiger partial charge < -0.3 is 25.0 Å². The molecule has 10 heteroatoms. The number of nitrogens with one attached hydrogen (secondary N) is 1. The third-order valence-corrected chi connectivity index (χ3v) is 8.51. The van der Waals surface area contributed by atoms with E-state index in [0.717, 1.165) is 44.0 Å². The second-order valence-electron chi connectivity index (χ2n) is 10.9. The fourth-order valence-corrected chi connectivity index (χ4v) is 6.60. The minimum absolute atomic E-state index is 0.00522. The van der Waals surface area contributed by atoms with Crippen LogP contribution >= 0.6 is 11.6 Å². The summed E-state index contributed by atoms with van der Waals surface area (Å²) in [6.07, 6.45) is 2.93. The van der Waals surface area contributed by atoms with E-state index < -0.39 is 17.4 Å². The first-order chi connectivity index (χ1) is 19.4. The van der Waals surface area contributed by atoms with Crippen LogP contribution in [0.3, 0.4) is 0 Å². The first-order valence-electron chi connectivity index (χ1n) is 13.5. The number of anilines is 1. The standard InChI is InChI=1S/C30H28ClF2N5O2/c1-37-11-10-19-16(13-37)4-2-7-24(19)40-30-35-28-20(29(36-30)38-14-17-8-9-18(15-38)34-17)12-21(31)25(27(28)33)26-22(32)5-3-6-23(26)39/h2-7,12,17-18,34,39H,8-11,13-15H2,1H3/t17-,18+. The van der Waals surface area contributed by atoms with E-state index in [4.69, 9.17) is 21.3 Å². The van der Waals surface area contributed by atoms with Crippen molar-refractivity contribution in [2.24, 2.45) is 0 Å². The summed E-state index contributed by atoms with van der Waals surface area (Å²) in [4.78, 5) is 13.7. The van der Waals surface area contributed by atoms with Crippen LogP contribution in [0.15, 0.2) is 42.5 Å². The molecule has 40 heavy (non-hydrogen) atoms. The third-order valence-electron chi connectivity index (χ3n) is 8.22. The number of rotatable bonds is 4. The largest absolute Gasteiger partial charge is 0.507 e. The van der Waals surface area contributed by atoms with Crippen LogP contribution in [0.4, 0.5) is 14.6 Å². The number of hydrogen-bond donors (Lipinski definition) is 2. The van der Waals surface area contributed by atoms with E-state index in [1.807, 2.05) is 12.1 Å². The van der Waals surface area contributed by atoms with Crippen molar-refractivity contribution in [1.82, 2.24) is 20.2 Å². The Kier molecular flexibility index (Phi) is 6.25. The molecule has 7 rings (SSSR count). The quantitative estimate of drug-likeness (QED) is 0.332. The van der Waals surface area contributed by atoms with E-state index in [1.165, 1.54) is 17.7 Å². The van der Waals surface area contributed by atoms with Crippen molar-refractivity contribution in [3.05, 3.63) is 70.2 Å². The molecule has 2 atom stereocenters. The number of likely N-dealkylation sites (N-methyl/N-ethyl adjacent to an activating group) is 1. The number of phenolic OH excluding ortho intramolecular Hbond substituents is 1. The Bertz CT molecular complexity index is 1620. The number of benzene rings is 3. The van der Waals surface area contributed by atoms with Gasteiger partial charge in [0.15, 0.2) is 5.82 Å². The maximum absolute atomic E-state index is 16.4. The van der Waals surface area contributed by atoms with Crippen molar-refractivity contribution in [1.29, 1.82) is 0 Å². The van der Waals surface area contributed by atoms with Crippen molar-refractivity contribution in [3.8, 4) is 28.6 Å². The topological polar surface area (TPSA) is 73.8 Å². The predicted octanol–water partition coefficient (Wildman–Crippen LogP) is 5.65. The average Bonchev–Trinajstić information content (AvgIpc) is 3.27. The van der Waals surface area contributed by atoms with Gasteiger partial charge in [-0.3, -0.25) is 0 Å². The molecule has 0 spiro atoms. The van der Waals surface area contributed by atoms with Crippen LogP contribution in [-0.2, 0) is 13.0 Å². The number of nitrogens with zero attached hydrogens (tertiary/aromatic N) is 4. The zero-order chi connectivity index (χ0) is 27.5. The molecule has 2 bridgehead atoms. The fourth-order valence-electron chi connectivity index (χ4n) is 6.32. The SMILES string of the molecule is CN1CCc2c(cccc2Oc2nc(N3C[C@H]4CC[C@@H](C3)N4)c3cc(Cl)c(-c4c(O)cccc4F)c(F)c3n2)C1. The van der Waals surface area contributed by atoms with Gasteiger partial charge in [-0.1, -0.05) is 29.8 Å². The van der Waals surface area contributed by atoms with Gasteiger partial charge in [0.05, 0.1) is 10.6 Å². The monoisotopic (exact) mass is 563 g/mol. The summed E-state index contributed by atoms with van der Waals surface area (Å²) in [6, 6.07) is 11.9. The molecule has 2 N–H and O–H groups in total. The lowest BCUT2D eigenvalue weighted by Crippen LogP contribution is -2.51. The number of aromatic hydroxyl groups is 1. The first kappa shape index (κ1) is 25.4. The van der Waals surface area contributed by atoms with E-state index in [9.17, 15) is 9.50 Å². The molecular weight excluding hydrogens is 536 g/mol. The summed E-state index contributed by atoms with van der Waals surface area (Å²) >= 11 is 6.59. The summed E-state index contributed by atoms with van der Waals surface area (Å²) in [7, 11) is 2.08. The maximum atomic E-state index is 16.4. The molecule has 4 aromatic rings. The molecule has 2 saturated heterocycles. The van der Waals surface area contributed by atoms with E-state index >= 15 is 4.39 Å². The Morgan fingerprint density at radius 1 is 1.05 bits per heavy atom. The van der Waals surface area contributed by atoms with Crippen LogP contribution in [-0.4, -0.2) is 58.7 Å². The van der Waals surface area contributed by atoms with Crippen molar-refractivity contribution in [2.75, 3.05) is 31.6 Å². The van der Waals surface area contributed by atoms with Gasteiger partial charge in [0.2, 0.25) is 0 Å². The summed E-state index contributed by atoms with van der Waals surface area (Å²) in [5, 5.41) is 14.4. The Hall–Kier alpha value is -3.53. The highest BCUT2D eigenvalue weighted by Gasteiger charge is 2.34. The van der Waals surface area contributed by atoms with Crippen molar-refractivity contribution < 1.29 is 18.6 Å². The van der Waals surface area contributed by atoms with Crippen LogP contribution < -0.4 is 15.0 Å². The summed E-state index contributed by atoms with van der Waals surface area (Å²) in [5.74, 6) is -0.882. The molecular formula is C30H28ClF2N5O2. The van der Waals surface area contributed by atoms with Crippen LogP contribution in [0, 0.1) is 11.6 Å². The lowest BCUT2D eigenvalue weighted by atomic mass is 9.99. The molecule has 0 unspecified atom stereocenters. The van der Waals surface area contributed by atoms with E-state index in [0.29, 0.717) is 42.1 Å². The predicted molar refractivity (Wildman–Crippen MR) is 150 cm³/mol. The second-order valence-corrected chi connectivity index (χ2v) is 11.3. The highest BCUT2D eigenvalue weighted by atomic mass is 35.5. The van der Waals surface area contributed by atoms with Gasteiger partial charge in [-0.15, -0.1) is 0 Å². The van der Waals surface area contributed by atoms with Crippen molar-refractivity contribution >= 4 is 28.3 Å². The van der Waals surface area contributed by atoms with Gasteiger partial charge >= 0.3 is 6.01 Å². The molecule has 0 radical (unpaired) electrons. The maximum Gasteiger partial charge on any atom is 0.324 e. The normalized spacial score (nSPS) is 20.6. The third kappa shape index (κ3) is 4.33. The lowest BCUT2D eigenvalue weighted by Gasteiger charge is -2.34. The summed E-state index contributed by atoms with van der Waals surface area (Å²) < 4.78 is 37.5. The Morgan fingerprint density at radius 2 is 1.82 bits per heavy atom. The number of piperazine rings is 1. The number of fused-ring (bicyclic) bond motifs is 4. The molecule has 3 aromatic carbocycles. The Morgan fingerprint density at radius 3 is 2.60 bits per heavy atom. The van der Waals surface area contributed by atoms with Gasteiger partial charge in [-0.25, -0.2) is 8.78 Å². The highest BCUT2D eigenvalue weighted by Crippen LogP contribution is 2.43. The molecule has 0 amide bonds. The van der Waals surface area contributed by atoms with E-state index in [1.54, 1.807) is 6.07 Å². The molecule has 3 aliphatic rings. The zero-order valence-electron chi connectivity index (χ0n) is 21.9. The molecule has 2 fully saturated rings. The molecule has 4 heterocycles. The van der Waals surface area contributed by atoms with Crippen LogP contribution in [0.25, 0.3) is 22.0 Å². The van der Waals surface area contributed by atoms with Crippen LogP contribution in [0.1, 0.15) is 24.0 Å². The molecule has 0 saturated carbocycles. The van der Waals surface area contributed by atoms with Gasteiger partial charge in [0.25, 0.3) is 0 Å². The smallest absolute Gasteiger partial charge is 0.324 e. The number of aromatic nitrogens is 2. The summed E-state index contributed by atoms with van der Waals surface area (Å²) in [6.45, 7) is 3.10. The van der Waals surface area contributed by atoms with Crippen LogP contribution in [0.5, 0.6) is 17.5 Å². The molecule has 7 nitrogen and oxygen atoms in total.